The van der Waals surface area contributed by atoms with Gasteiger partial charge < -0.3 is 15.7 Å². The first kappa shape index (κ1) is 17.0. The number of nitrogens with zero attached hydrogens (tertiary/aromatic N) is 2. The van der Waals surface area contributed by atoms with Crippen LogP contribution in [0.2, 0.25) is 5.02 Å². The maximum absolute atomic E-state index is 11.8. The Balaban J connectivity index is 2.04. The van der Waals surface area contributed by atoms with E-state index in [-0.39, 0.29) is 6.61 Å². The molecule has 0 bridgehead atoms. The molecule has 1 unspecified atom stereocenters. The zero-order chi connectivity index (χ0) is 16.8. The number of hydrogen-bond donors (Lipinski definition) is 3. The summed E-state index contributed by atoms with van der Waals surface area (Å²) in [4.78, 5) is 23.6. The van der Waals surface area contributed by atoms with E-state index in [1.54, 1.807) is 42.2 Å². The first-order valence-electron chi connectivity index (χ1n) is 7.07. The zero-order valence-electron chi connectivity index (χ0n) is 12.5. The quantitative estimate of drug-likeness (QED) is 0.718. The number of hydrogen-bond acceptors (Lipinski definition) is 4. The van der Waals surface area contributed by atoms with Gasteiger partial charge in [-0.2, -0.15) is 5.10 Å². The van der Waals surface area contributed by atoms with Gasteiger partial charge in [0.2, 0.25) is 0 Å². The van der Waals surface area contributed by atoms with E-state index >= 15 is 0 Å². The van der Waals surface area contributed by atoms with Gasteiger partial charge in [-0.3, -0.25) is 9.59 Å². The molecule has 2 amide bonds. The number of carbonyl (C=O) groups excluding carboxylic acids is 2. The fourth-order valence-corrected chi connectivity index (χ4v) is 2.16. The third-order valence-electron chi connectivity index (χ3n) is 3.21. The summed E-state index contributed by atoms with van der Waals surface area (Å²) in [7, 11) is 0. The second-order valence-corrected chi connectivity index (χ2v) is 5.24. The Morgan fingerprint density at radius 2 is 2.17 bits per heavy atom. The van der Waals surface area contributed by atoms with Gasteiger partial charge in [0.1, 0.15) is 0 Å². The van der Waals surface area contributed by atoms with Gasteiger partial charge in [0.05, 0.1) is 23.4 Å². The van der Waals surface area contributed by atoms with E-state index in [9.17, 15) is 9.59 Å². The third kappa shape index (κ3) is 4.30. The van der Waals surface area contributed by atoms with Crippen molar-refractivity contribution in [2.24, 2.45) is 0 Å². The minimum atomic E-state index is -0.820. The monoisotopic (exact) mass is 336 g/mol. The number of halogens is 1. The van der Waals surface area contributed by atoms with Crippen LogP contribution < -0.4 is 10.6 Å². The first-order chi connectivity index (χ1) is 11.0. The molecule has 8 heteroatoms. The molecule has 3 N–H and O–H groups in total. The number of amides is 2. The SMILES string of the molecule is CCC(CO)NC(=O)C(=O)Nc1ccc(-n2cccn2)c(Cl)c1. The third-order valence-corrected chi connectivity index (χ3v) is 3.51. The second-order valence-electron chi connectivity index (χ2n) is 4.83. The number of aliphatic hydroxyl groups is 1. The van der Waals surface area contributed by atoms with Gasteiger partial charge in [-0.05, 0) is 30.7 Å². The van der Waals surface area contributed by atoms with Crippen LogP contribution in [0.25, 0.3) is 5.69 Å². The fourth-order valence-electron chi connectivity index (χ4n) is 1.90. The lowest BCUT2D eigenvalue weighted by Gasteiger charge is -2.14. The Hall–Kier alpha value is -2.38. The number of aliphatic hydroxyl groups excluding tert-OH is 1. The van der Waals surface area contributed by atoms with Crippen molar-refractivity contribution in [2.75, 3.05) is 11.9 Å². The molecule has 1 aromatic carbocycles. The molecular weight excluding hydrogens is 320 g/mol. The van der Waals surface area contributed by atoms with Crippen molar-refractivity contribution in [1.82, 2.24) is 15.1 Å². The second kappa shape index (κ2) is 7.75. The maximum Gasteiger partial charge on any atom is 0.313 e. The molecule has 0 spiro atoms. The molecule has 0 aliphatic heterocycles. The summed E-state index contributed by atoms with van der Waals surface area (Å²) in [6, 6.07) is 6.16. The summed E-state index contributed by atoms with van der Waals surface area (Å²) < 4.78 is 1.59. The highest BCUT2D eigenvalue weighted by Crippen LogP contribution is 2.23. The Morgan fingerprint density at radius 1 is 1.39 bits per heavy atom. The van der Waals surface area contributed by atoms with E-state index < -0.39 is 17.9 Å². The van der Waals surface area contributed by atoms with Crippen molar-refractivity contribution >= 4 is 29.1 Å². The molecular formula is C15H17ClN4O3. The Labute approximate surface area is 138 Å². The van der Waals surface area contributed by atoms with E-state index in [1.165, 1.54) is 6.07 Å². The lowest BCUT2D eigenvalue weighted by atomic mass is 10.2. The van der Waals surface area contributed by atoms with Gasteiger partial charge in [0, 0.05) is 18.1 Å². The van der Waals surface area contributed by atoms with Crippen LogP contribution in [0.5, 0.6) is 0 Å². The van der Waals surface area contributed by atoms with Crippen molar-refractivity contribution in [2.45, 2.75) is 19.4 Å². The Bertz CT molecular complexity index is 684. The van der Waals surface area contributed by atoms with Gasteiger partial charge >= 0.3 is 11.8 Å². The Morgan fingerprint density at radius 3 is 2.74 bits per heavy atom. The van der Waals surface area contributed by atoms with Gasteiger partial charge in [-0.1, -0.05) is 18.5 Å². The highest BCUT2D eigenvalue weighted by Gasteiger charge is 2.17. The molecule has 0 aliphatic carbocycles. The minimum absolute atomic E-state index is 0.222. The van der Waals surface area contributed by atoms with Crippen molar-refractivity contribution in [3.63, 3.8) is 0 Å². The number of benzene rings is 1. The number of aromatic nitrogens is 2. The van der Waals surface area contributed by atoms with Gasteiger partial charge in [-0.15, -0.1) is 0 Å². The molecule has 122 valence electrons. The van der Waals surface area contributed by atoms with Crippen molar-refractivity contribution < 1.29 is 14.7 Å². The van der Waals surface area contributed by atoms with Crippen LogP contribution in [0, 0.1) is 0 Å². The minimum Gasteiger partial charge on any atom is -0.394 e. The van der Waals surface area contributed by atoms with Crippen LogP contribution in [0.4, 0.5) is 5.69 Å². The molecule has 0 saturated carbocycles. The molecule has 0 aliphatic rings. The summed E-state index contributed by atoms with van der Waals surface area (Å²) in [5.74, 6) is -1.63. The highest BCUT2D eigenvalue weighted by atomic mass is 35.5. The van der Waals surface area contributed by atoms with Crippen LogP contribution in [-0.4, -0.2) is 39.4 Å². The average Bonchev–Trinajstić information content (AvgIpc) is 3.06. The predicted octanol–water partition coefficient (Wildman–Crippen LogP) is 1.35. The normalized spacial score (nSPS) is 11.8. The number of nitrogens with one attached hydrogen (secondary N) is 2. The van der Waals surface area contributed by atoms with Crippen LogP contribution in [0.3, 0.4) is 0 Å². The summed E-state index contributed by atoms with van der Waals surface area (Å²) >= 11 is 6.17. The summed E-state index contributed by atoms with van der Waals surface area (Å²) in [6.07, 6.45) is 3.90. The first-order valence-corrected chi connectivity index (χ1v) is 7.45. The van der Waals surface area contributed by atoms with E-state index in [2.05, 4.69) is 15.7 Å². The number of anilines is 1. The molecule has 1 heterocycles. The lowest BCUT2D eigenvalue weighted by molar-refractivity contribution is -0.136. The van der Waals surface area contributed by atoms with Gasteiger partial charge in [0.25, 0.3) is 0 Å². The van der Waals surface area contributed by atoms with E-state index in [0.29, 0.717) is 22.8 Å². The summed E-state index contributed by atoms with van der Waals surface area (Å²) in [6.45, 7) is 1.58. The molecule has 2 rings (SSSR count). The number of carbonyl (C=O) groups is 2. The van der Waals surface area contributed by atoms with Crippen LogP contribution in [-0.2, 0) is 9.59 Å². The highest BCUT2D eigenvalue weighted by molar-refractivity contribution is 6.40. The molecule has 2 aromatic rings. The molecule has 0 radical (unpaired) electrons. The van der Waals surface area contributed by atoms with E-state index in [4.69, 9.17) is 16.7 Å². The van der Waals surface area contributed by atoms with Gasteiger partial charge in [-0.25, -0.2) is 4.68 Å². The average molecular weight is 337 g/mol. The fraction of sp³-hybridized carbons (Fsp3) is 0.267. The summed E-state index contributed by atoms with van der Waals surface area (Å²) in [5, 5.41) is 18.4. The van der Waals surface area contributed by atoms with Crippen LogP contribution >= 0.6 is 11.6 Å². The molecule has 0 fully saturated rings. The zero-order valence-corrected chi connectivity index (χ0v) is 13.2. The molecule has 7 nitrogen and oxygen atoms in total. The predicted molar refractivity (Wildman–Crippen MR) is 86.5 cm³/mol. The van der Waals surface area contributed by atoms with Crippen LogP contribution in [0.15, 0.2) is 36.7 Å². The molecule has 1 atom stereocenters. The topological polar surface area (TPSA) is 96.3 Å². The Kier molecular flexibility index (Phi) is 5.72. The van der Waals surface area contributed by atoms with E-state index in [0.717, 1.165) is 0 Å². The number of rotatable bonds is 5. The van der Waals surface area contributed by atoms with Crippen LogP contribution in [0.1, 0.15) is 13.3 Å². The van der Waals surface area contributed by atoms with Crippen molar-refractivity contribution in [1.29, 1.82) is 0 Å². The standard InChI is InChI=1S/C15H17ClN4O3/c1-2-10(9-21)18-14(22)15(23)19-11-4-5-13(12(16)8-11)20-7-3-6-17-20/h3-8,10,21H,2,9H2,1H3,(H,18,22)(H,19,23). The van der Waals surface area contributed by atoms with Gasteiger partial charge in [0.15, 0.2) is 0 Å². The maximum atomic E-state index is 11.8. The molecule has 0 saturated heterocycles. The lowest BCUT2D eigenvalue weighted by Crippen LogP contribution is -2.43. The molecule has 1 aromatic heterocycles. The van der Waals surface area contributed by atoms with E-state index in [1.807, 2.05) is 0 Å². The largest absolute Gasteiger partial charge is 0.394 e. The summed E-state index contributed by atoms with van der Waals surface area (Å²) in [5.41, 5.74) is 1.05. The molecule has 23 heavy (non-hydrogen) atoms. The smallest absolute Gasteiger partial charge is 0.313 e. The van der Waals surface area contributed by atoms with Crippen molar-refractivity contribution in [3.05, 3.63) is 41.7 Å². The van der Waals surface area contributed by atoms with Crippen molar-refractivity contribution in [3.8, 4) is 5.69 Å².